The molecule has 1 aliphatic heterocycles. The van der Waals surface area contributed by atoms with Gasteiger partial charge in [-0.3, -0.25) is 0 Å². The van der Waals surface area contributed by atoms with E-state index in [0.717, 1.165) is 80.8 Å². The maximum Gasteiger partial charge on any atom is 0 e. The zero-order chi connectivity index (χ0) is 81.4. The van der Waals surface area contributed by atoms with Gasteiger partial charge in [-0.05, 0) is 0 Å². The Morgan fingerprint density at radius 1 is 0.427 bits per heavy atom. The van der Waals surface area contributed by atoms with Gasteiger partial charge in [0.05, 0.1) is 0 Å². The van der Waals surface area contributed by atoms with Gasteiger partial charge in [0.15, 0.2) is 0 Å². The second kappa shape index (κ2) is 32.7. The molecule has 10 aromatic rings. The van der Waals surface area contributed by atoms with Crippen molar-refractivity contribution in [1.82, 2.24) is 9.13 Å². The number of aromatic nitrogens is 2. The smallest absolute Gasteiger partial charge is 0 e. The molecule has 12 heteroatoms. The van der Waals surface area contributed by atoms with E-state index >= 15 is 8.78 Å². The molecule has 0 saturated carbocycles. The van der Waals surface area contributed by atoms with Gasteiger partial charge >= 0.3 is 516 Å². The van der Waals surface area contributed by atoms with Crippen LogP contribution >= 0.6 is 0 Å². The fourth-order valence-corrected chi connectivity index (χ4v) is 24.1. The first kappa shape index (κ1) is 89.6. The van der Waals surface area contributed by atoms with E-state index in [1.54, 1.807) is 0 Å². The number of phenols is 2. The first-order chi connectivity index (χ1) is 49.9. The third kappa shape index (κ3) is 20.2. The van der Waals surface area contributed by atoms with Crippen LogP contribution in [0.25, 0.3) is 77.2 Å². The molecule has 0 amide bonds. The van der Waals surface area contributed by atoms with Gasteiger partial charge < -0.3 is 11.3 Å². The van der Waals surface area contributed by atoms with Crippen molar-refractivity contribution in [1.29, 1.82) is 0 Å². The predicted molar refractivity (Wildman–Crippen MR) is 471 cm³/mol. The van der Waals surface area contributed by atoms with Crippen molar-refractivity contribution in [3.05, 3.63) is 184 Å². The minimum atomic E-state index is -3.63. The molecule has 0 bridgehead atoms. The van der Waals surface area contributed by atoms with Crippen molar-refractivity contribution < 1.29 is 59.0 Å². The molecule has 3 N–H and O–H groups in total. The number of ether oxygens (including phenoxy) is 3. The van der Waals surface area contributed by atoms with E-state index in [2.05, 4.69) is 317 Å². The average molecular weight is 1610 g/mol. The van der Waals surface area contributed by atoms with E-state index in [4.69, 9.17) is 9.47 Å². The zero-order valence-electron chi connectivity index (χ0n) is 73.5. The summed E-state index contributed by atoms with van der Waals surface area (Å²) in [6.07, 6.45) is 4.33. The maximum absolute atomic E-state index is 16.7. The molecule has 1 saturated heterocycles. The Kier molecular flexibility index (Phi) is 26.6. The second-order valence-electron chi connectivity index (χ2n) is 41.9. The summed E-state index contributed by atoms with van der Waals surface area (Å²) in [5.74, 6) is 0.214. The number of aryl methyl sites for hydroxylation is 2. The molecule has 8 aromatic carbocycles. The number of aliphatic hydroxyl groups is 2. The molecule has 1 fully saturated rings. The number of aromatic hydroxyl groups is 2. The Morgan fingerprint density at radius 2 is 0.700 bits per heavy atom. The van der Waals surface area contributed by atoms with Gasteiger partial charge in [-0.1, -0.05) is 103 Å². The minimum Gasteiger partial charge on any atom is -0.342 e. The van der Waals surface area contributed by atoms with E-state index in [1.165, 1.54) is 59.4 Å². The molecule has 11 rings (SSSR count). The number of rotatable bonds is 16. The number of hydrogen-bond acceptors (Lipinski definition) is 4. The van der Waals surface area contributed by atoms with Crippen LogP contribution in [0.1, 0.15) is 250 Å². The van der Waals surface area contributed by atoms with Crippen molar-refractivity contribution in [3.8, 4) is 56.6 Å². The van der Waals surface area contributed by atoms with Crippen LogP contribution in [0.2, 0.25) is 29.1 Å². The number of fused-ring (bicyclic) bond motifs is 6. The molecule has 7 nitrogen and oxygen atoms in total. The minimum absolute atomic E-state index is 0. The van der Waals surface area contributed by atoms with Crippen LogP contribution in [-0.4, -0.2) is 69.5 Å². The van der Waals surface area contributed by atoms with Gasteiger partial charge in [0, 0.05) is 38.7 Å². The van der Waals surface area contributed by atoms with E-state index in [1.807, 2.05) is 13.8 Å². The summed E-state index contributed by atoms with van der Waals surface area (Å²) in [5.41, 5.74) is 14.1. The molecular formula is C98H136F2GeN2O5ScSi. The normalized spacial score (nSPS) is 13.9. The molecule has 0 atom stereocenters. The summed E-state index contributed by atoms with van der Waals surface area (Å²) in [6.45, 7) is 75.2. The molecule has 0 aliphatic carbocycles. The summed E-state index contributed by atoms with van der Waals surface area (Å²) in [6, 6.07) is 41.6. The summed E-state index contributed by atoms with van der Waals surface area (Å²) >= 11 is -3.63. The molecule has 2 aromatic heterocycles. The topological polar surface area (TPSA) is 81.6 Å². The predicted octanol–water partition coefficient (Wildman–Crippen LogP) is 27.9. The fourth-order valence-electron chi connectivity index (χ4n) is 16.6. The Bertz CT molecular complexity index is 4520. The number of halogens is 2. The number of phenolic OH excluding ortho intramolecular Hbond substituents is 2. The van der Waals surface area contributed by atoms with Crippen molar-refractivity contribution in [2.75, 3.05) is 24.1 Å². The van der Waals surface area contributed by atoms with Crippen LogP contribution in [0.5, 0.6) is 23.0 Å². The number of hydrogen-bond donors (Lipinski definition) is 2. The van der Waals surface area contributed by atoms with Crippen molar-refractivity contribution in [2.45, 2.75) is 281 Å². The molecule has 3 heterocycles. The van der Waals surface area contributed by atoms with Crippen LogP contribution < -0.4 is 9.47 Å². The Labute approximate surface area is 684 Å². The monoisotopic (exact) mass is 1610 g/mol. The maximum atomic E-state index is 16.7. The SMILES string of the molecule is C1CC[OH+]C1.Cc1cc(F)cc(-c2cc(C(C)(C)CC(C)(C)C)cc(-n3c4cc(C(C)(C)C)ccc4c4ccc(C(C)(C)C)cc43)c2O)c1O[CH2][Ge]([CH2]Oc1c(C)cc(F)cc1-c1cc(C(C)(C)CC(C)(C)C)cc(-n2c3cc(C(C)(C)C)ccc3c3ccc(C(C)(C)C)cc32)c1O)([CH](C)C)[CH](C)C.[CH2-][Si](C)(C)C.[Sc]. The third-order valence-electron chi connectivity index (χ3n) is 22.4. The zero-order valence-corrected chi connectivity index (χ0v) is 78.4. The molecule has 593 valence electrons. The van der Waals surface area contributed by atoms with Gasteiger partial charge in [0.1, 0.15) is 13.2 Å². The van der Waals surface area contributed by atoms with Gasteiger partial charge in [0.2, 0.25) is 0 Å². The van der Waals surface area contributed by atoms with Crippen LogP contribution in [0.15, 0.2) is 121 Å². The largest absolute Gasteiger partial charge is 0.342 e. The van der Waals surface area contributed by atoms with Crippen molar-refractivity contribution in [2.24, 2.45) is 10.8 Å². The molecule has 1 radical (unpaired) electrons. The summed E-state index contributed by atoms with van der Waals surface area (Å²) in [4.78, 5) is 0. The van der Waals surface area contributed by atoms with Gasteiger partial charge in [-0.25, -0.2) is 0 Å². The summed E-state index contributed by atoms with van der Waals surface area (Å²) in [5, 5.41) is 31.4. The molecular weight excluding hydrogens is 1470 g/mol. The van der Waals surface area contributed by atoms with E-state index in [9.17, 15) is 10.2 Å². The van der Waals surface area contributed by atoms with Crippen molar-refractivity contribution >= 4 is 65.0 Å². The number of benzene rings is 8. The Morgan fingerprint density at radius 3 is 0.927 bits per heavy atom. The van der Waals surface area contributed by atoms with E-state index in [0.29, 0.717) is 67.1 Å². The Hall–Kier alpha value is -5.99. The standard InChI is InChI=1S/C90H116F2GeN2O4.C4H8O.C4H11Si.Sc/c1-53(2)93(54(3)4,51-98-81-55(5)37-63(91)47-71(81)69-39-61(89(25,26)49-83(7,8)9)45-77(79(69)96)94-73-41-57(85(13,14)15)29-33-65(73)66-34-30-58(42-74(66)94)86(16,17)18)52-99-82-56(6)38-64(92)48-72(82)70-40-62(90(27,28)50-84(10,11)12)46-78(80(70)97)95-75-43-59(87(19,20)21)31-35-67(75)68-36-32-60(44-76(68)95)88(22,23)24;1-2-4-5-3-1;1-5(2,3)4;/h29-48,53-54,96-97H,49-52H2,1-28H3;1-4H2;1H2,2-4H3;/q;;-1;/p+1. The third-order valence-corrected chi connectivity index (χ3v) is 34.9. The summed E-state index contributed by atoms with van der Waals surface area (Å²) < 4.78 is 57.2. The molecule has 1 aliphatic rings. The van der Waals surface area contributed by atoms with Gasteiger partial charge in [-0.15, -0.1) is 8.07 Å². The molecule has 0 spiro atoms. The fraction of sp³-hybridized carbons (Fsp3) is 0.500. The van der Waals surface area contributed by atoms with Crippen LogP contribution in [0, 0.1) is 42.9 Å². The van der Waals surface area contributed by atoms with E-state index in [-0.39, 0.29) is 79.3 Å². The van der Waals surface area contributed by atoms with Crippen LogP contribution in [0.3, 0.4) is 0 Å². The number of nitrogens with zero attached hydrogens (tertiary/aromatic N) is 2. The average Bonchev–Trinajstić information content (AvgIpc) is 1.54. The van der Waals surface area contributed by atoms with Gasteiger partial charge in [0.25, 0.3) is 0 Å². The van der Waals surface area contributed by atoms with Crippen molar-refractivity contribution in [3.63, 3.8) is 0 Å². The van der Waals surface area contributed by atoms with Gasteiger partial charge in [-0.2, -0.15) is 0 Å². The van der Waals surface area contributed by atoms with Crippen LogP contribution in [0.4, 0.5) is 8.78 Å². The second-order valence-corrected chi connectivity index (χ2v) is 58.2. The molecule has 110 heavy (non-hydrogen) atoms. The molecule has 0 unspecified atom stereocenters. The quantitative estimate of drug-likeness (QED) is 0.0574. The first-order valence-electron chi connectivity index (χ1n) is 40.2. The first-order valence-corrected chi connectivity index (χ1v) is 49.3. The van der Waals surface area contributed by atoms with E-state index < -0.39 is 43.8 Å². The summed E-state index contributed by atoms with van der Waals surface area (Å²) in [7, 11) is -0.861. The Balaban J connectivity index is 0.00000129. The van der Waals surface area contributed by atoms with Crippen LogP contribution in [-0.2, 0) is 58.3 Å².